The van der Waals surface area contributed by atoms with E-state index in [-0.39, 0.29) is 24.6 Å². The Bertz CT molecular complexity index is 704. The van der Waals surface area contributed by atoms with Gasteiger partial charge in [-0.15, -0.1) is 0 Å². The average Bonchev–Trinajstić information content (AvgIpc) is 2.48. The van der Waals surface area contributed by atoms with Gasteiger partial charge in [-0.25, -0.2) is 0 Å². The minimum Gasteiger partial charge on any atom is -0.395 e. The van der Waals surface area contributed by atoms with E-state index in [1.807, 2.05) is 30.3 Å². The maximum absolute atomic E-state index is 9.33. The molecule has 22 heavy (non-hydrogen) atoms. The van der Waals surface area contributed by atoms with Gasteiger partial charge in [-0.2, -0.15) is 5.26 Å². The van der Waals surface area contributed by atoms with Crippen LogP contribution in [0.15, 0.2) is 42.5 Å². The smallest absolute Gasteiger partial charge is 0.104 e. The Morgan fingerprint density at radius 3 is 2.27 bits per heavy atom. The van der Waals surface area contributed by atoms with Crippen LogP contribution in [0.5, 0.6) is 0 Å². The minimum absolute atomic E-state index is 0.00534. The fourth-order valence-electron chi connectivity index (χ4n) is 2.91. The summed E-state index contributed by atoms with van der Waals surface area (Å²) in [6.45, 7) is 0.0148. The molecular formula is C17H14Cl2N2O. The number of nitrogens with zero attached hydrogens (tertiary/aromatic N) is 1. The van der Waals surface area contributed by atoms with Crippen molar-refractivity contribution in [2.45, 2.75) is 18.0 Å². The molecule has 0 aromatic heterocycles. The normalized spacial score (nSPS) is 23.6. The summed E-state index contributed by atoms with van der Waals surface area (Å²) in [4.78, 5) is 0. The first-order valence-corrected chi connectivity index (χ1v) is 7.72. The van der Waals surface area contributed by atoms with Crippen LogP contribution < -0.4 is 5.32 Å². The first-order chi connectivity index (χ1) is 10.7. The zero-order chi connectivity index (χ0) is 15.7. The predicted octanol–water partition coefficient (Wildman–Crippen LogP) is 3.60. The molecule has 0 unspecified atom stereocenters. The Hall–Kier alpha value is -1.57. The van der Waals surface area contributed by atoms with E-state index in [2.05, 4.69) is 11.4 Å². The van der Waals surface area contributed by atoms with Crippen molar-refractivity contribution in [3.63, 3.8) is 0 Å². The van der Waals surface area contributed by atoms with Gasteiger partial charge in [0, 0.05) is 27.6 Å². The molecule has 1 aliphatic rings. The van der Waals surface area contributed by atoms with Crippen LogP contribution in [0.2, 0.25) is 10.0 Å². The van der Waals surface area contributed by atoms with Crippen LogP contribution in [-0.4, -0.2) is 23.8 Å². The third-order valence-electron chi connectivity index (χ3n) is 4.07. The van der Waals surface area contributed by atoms with Crippen molar-refractivity contribution < 1.29 is 5.11 Å². The fraction of sp³-hybridized carbons (Fsp3) is 0.235. The first kappa shape index (κ1) is 15.3. The number of hydrogen-bond acceptors (Lipinski definition) is 3. The number of halogens is 2. The molecule has 0 spiro atoms. The zero-order valence-corrected chi connectivity index (χ0v) is 13.1. The van der Waals surface area contributed by atoms with Gasteiger partial charge in [0.1, 0.15) is 6.04 Å². The molecule has 1 fully saturated rings. The molecule has 112 valence electrons. The molecule has 0 bridgehead atoms. The molecule has 1 heterocycles. The molecule has 3 rings (SSSR count). The second kappa shape index (κ2) is 6.28. The number of rotatable bonds is 3. The summed E-state index contributed by atoms with van der Waals surface area (Å²) in [5.41, 5.74) is 2.76. The SMILES string of the molecule is N#C[C@@H]1N[C@@H](CO)[C@H]1c1ccc(-c2c(Cl)cccc2Cl)cc1. The van der Waals surface area contributed by atoms with E-state index in [4.69, 9.17) is 28.5 Å². The number of aliphatic hydroxyl groups is 1. The molecule has 2 aromatic rings. The second-order valence-corrected chi connectivity index (χ2v) is 6.12. The highest BCUT2D eigenvalue weighted by Crippen LogP contribution is 2.37. The largest absolute Gasteiger partial charge is 0.395 e. The third kappa shape index (κ3) is 2.60. The van der Waals surface area contributed by atoms with Crippen molar-refractivity contribution in [2.24, 2.45) is 0 Å². The lowest BCUT2D eigenvalue weighted by Gasteiger charge is -2.42. The molecule has 1 aliphatic heterocycles. The van der Waals surface area contributed by atoms with Gasteiger partial charge in [0.05, 0.1) is 12.7 Å². The molecule has 0 aliphatic carbocycles. The van der Waals surface area contributed by atoms with Crippen LogP contribution in [0.3, 0.4) is 0 Å². The van der Waals surface area contributed by atoms with Crippen LogP contribution in [0.25, 0.3) is 11.1 Å². The van der Waals surface area contributed by atoms with E-state index in [1.165, 1.54) is 0 Å². The molecule has 0 amide bonds. The van der Waals surface area contributed by atoms with Gasteiger partial charge >= 0.3 is 0 Å². The lowest BCUT2D eigenvalue weighted by atomic mass is 9.78. The molecular weight excluding hydrogens is 319 g/mol. The van der Waals surface area contributed by atoms with Gasteiger partial charge in [0.15, 0.2) is 0 Å². The maximum Gasteiger partial charge on any atom is 0.104 e. The summed E-state index contributed by atoms with van der Waals surface area (Å²) in [6.07, 6.45) is 0. The van der Waals surface area contributed by atoms with Crippen molar-refractivity contribution in [2.75, 3.05) is 6.61 Å². The summed E-state index contributed by atoms with van der Waals surface area (Å²) in [5, 5.41) is 22.7. The van der Waals surface area contributed by atoms with E-state index in [0.717, 1.165) is 16.7 Å². The Balaban J connectivity index is 1.92. The Kier molecular flexibility index (Phi) is 4.37. The number of hydrogen-bond donors (Lipinski definition) is 2. The first-order valence-electron chi connectivity index (χ1n) is 6.96. The Morgan fingerprint density at radius 2 is 1.73 bits per heavy atom. The van der Waals surface area contributed by atoms with Gasteiger partial charge < -0.3 is 5.11 Å². The van der Waals surface area contributed by atoms with Crippen LogP contribution in [-0.2, 0) is 0 Å². The van der Waals surface area contributed by atoms with Crippen molar-refractivity contribution >= 4 is 23.2 Å². The van der Waals surface area contributed by atoms with Gasteiger partial charge in [-0.05, 0) is 23.3 Å². The highest BCUT2D eigenvalue weighted by Gasteiger charge is 2.41. The average molecular weight is 333 g/mol. The van der Waals surface area contributed by atoms with E-state index in [0.29, 0.717) is 10.0 Å². The molecule has 2 aromatic carbocycles. The number of aliphatic hydroxyl groups excluding tert-OH is 1. The van der Waals surface area contributed by atoms with Gasteiger partial charge in [0.2, 0.25) is 0 Å². The van der Waals surface area contributed by atoms with Gasteiger partial charge in [0.25, 0.3) is 0 Å². The minimum atomic E-state index is -0.257. The molecule has 0 saturated carbocycles. The third-order valence-corrected chi connectivity index (χ3v) is 4.70. The zero-order valence-electron chi connectivity index (χ0n) is 11.6. The maximum atomic E-state index is 9.33. The van der Waals surface area contributed by atoms with Crippen LogP contribution >= 0.6 is 23.2 Å². The quantitative estimate of drug-likeness (QED) is 0.902. The highest BCUT2D eigenvalue weighted by atomic mass is 35.5. The highest BCUT2D eigenvalue weighted by molar-refractivity contribution is 6.39. The molecule has 2 N–H and O–H groups in total. The Labute approximate surface area is 139 Å². The van der Waals surface area contributed by atoms with Crippen molar-refractivity contribution in [1.82, 2.24) is 5.32 Å². The lowest BCUT2D eigenvalue weighted by molar-refractivity contribution is 0.151. The fourth-order valence-corrected chi connectivity index (χ4v) is 3.52. The molecule has 0 radical (unpaired) electrons. The van der Waals surface area contributed by atoms with Gasteiger partial charge in [-0.3, -0.25) is 5.32 Å². The standard InChI is InChI=1S/C17H14Cl2N2O/c18-12-2-1-3-13(19)16(12)10-4-6-11(7-5-10)17-14(8-20)21-15(17)9-22/h1-7,14-15,17,21-22H,9H2/t14-,15-,17-/m0/s1. The van der Waals surface area contributed by atoms with Crippen LogP contribution in [0.4, 0.5) is 0 Å². The lowest BCUT2D eigenvalue weighted by Crippen LogP contribution is -2.60. The van der Waals surface area contributed by atoms with Crippen molar-refractivity contribution in [1.29, 1.82) is 5.26 Å². The van der Waals surface area contributed by atoms with Gasteiger partial charge in [-0.1, -0.05) is 53.5 Å². The van der Waals surface area contributed by atoms with E-state index in [1.54, 1.807) is 12.1 Å². The Morgan fingerprint density at radius 1 is 1.09 bits per heavy atom. The topological polar surface area (TPSA) is 56.0 Å². The second-order valence-electron chi connectivity index (χ2n) is 5.31. The van der Waals surface area contributed by atoms with E-state index >= 15 is 0 Å². The number of benzene rings is 2. The van der Waals surface area contributed by atoms with Crippen LogP contribution in [0, 0.1) is 11.3 Å². The summed E-state index contributed by atoms with van der Waals surface area (Å²) in [6, 6.07) is 15.1. The van der Waals surface area contributed by atoms with Crippen molar-refractivity contribution in [3.05, 3.63) is 58.1 Å². The predicted molar refractivity (Wildman–Crippen MR) is 88.0 cm³/mol. The monoisotopic (exact) mass is 332 g/mol. The molecule has 3 nitrogen and oxygen atoms in total. The molecule has 3 atom stereocenters. The van der Waals surface area contributed by atoms with E-state index in [9.17, 15) is 5.11 Å². The number of nitriles is 1. The summed E-state index contributed by atoms with van der Waals surface area (Å²) >= 11 is 12.5. The summed E-state index contributed by atoms with van der Waals surface area (Å²) in [5.74, 6) is 0.00534. The van der Waals surface area contributed by atoms with E-state index < -0.39 is 0 Å². The molecule has 1 saturated heterocycles. The summed E-state index contributed by atoms with van der Waals surface area (Å²) in [7, 11) is 0. The van der Waals surface area contributed by atoms with Crippen molar-refractivity contribution in [3.8, 4) is 17.2 Å². The number of nitrogens with one attached hydrogen (secondary N) is 1. The summed E-state index contributed by atoms with van der Waals surface area (Å²) < 4.78 is 0. The molecule has 5 heteroatoms. The van der Waals surface area contributed by atoms with Crippen LogP contribution in [0.1, 0.15) is 11.5 Å².